The third-order valence-corrected chi connectivity index (χ3v) is 3.66. The molecule has 0 aliphatic carbocycles. The molecular formula is C13H27NO. The highest BCUT2D eigenvalue weighted by Gasteiger charge is 2.30. The number of hydrogen-bond acceptors (Lipinski definition) is 2. The van der Waals surface area contributed by atoms with Gasteiger partial charge in [-0.1, -0.05) is 33.6 Å². The van der Waals surface area contributed by atoms with Crippen molar-refractivity contribution in [2.45, 2.75) is 52.6 Å². The molecule has 1 fully saturated rings. The molecule has 15 heavy (non-hydrogen) atoms. The fraction of sp³-hybridized carbons (Fsp3) is 1.00. The van der Waals surface area contributed by atoms with Gasteiger partial charge in [0.1, 0.15) is 0 Å². The first-order chi connectivity index (χ1) is 7.33. The van der Waals surface area contributed by atoms with Crippen LogP contribution in [0.3, 0.4) is 0 Å². The monoisotopic (exact) mass is 213 g/mol. The molecule has 2 nitrogen and oxygen atoms in total. The Kier molecular flexibility index (Phi) is 6.26. The summed E-state index contributed by atoms with van der Waals surface area (Å²) in [5.74, 6) is 1.50. The lowest BCUT2D eigenvalue weighted by molar-refractivity contribution is -0.0615. The van der Waals surface area contributed by atoms with E-state index in [1.807, 2.05) is 0 Å². The third kappa shape index (κ3) is 3.76. The van der Waals surface area contributed by atoms with Crippen LogP contribution in [0.4, 0.5) is 0 Å². The summed E-state index contributed by atoms with van der Waals surface area (Å²) in [6.07, 6.45) is 5.60. The molecule has 1 aliphatic heterocycles. The first-order valence-corrected chi connectivity index (χ1v) is 6.65. The van der Waals surface area contributed by atoms with Crippen LogP contribution >= 0.6 is 0 Å². The van der Waals surface area contributed by atoms with E-state index in [-0.39, 0.29) is 0 Å². The minimum atomic E-state index is 0.507. The molecular weight excluding hydrogens is 186 g/mol. The van der Waals surface area contributed by atoms with Crippen LogP contribution in [0, 0.1) is 11.8 Å². The van der Waals surface area contributed by atoms with Crippen molar-refractivity contribution in [2.24, 2.45) is 11.8 Å². The van der Waals surface area contributed by atoms with Gasteiger partial charge >= 0.3 is 0 Å². The Morgan fingerprint density at radius 1 is 1.27 bits per heavy atom. The Labute approximate surface area is 94.8 Å². The molecule has 2 heteroatoms. The maximum Gasteiger partial charge on any atom is 0.0643 e. The minimum Gasteiger partial charge on any atom is -0.378 e. The van der Waals surface area contributed by atoms with Crippen LogP contribution < -0.4 is 5.32 Å². The summed E-state index contributed by atoms with van der Waals surface area (Å²) >= 11 is 0. The molecule has 0 aromatic heterocycles. The van der Waals surface area contributed by atoms with Gasteiger partial charge < -0.3 is 10.1 Å². The van der Waals surface area contributed by atoms with E-state index in [4.69, 9.17) is 4.74 Å². The zero-order chi connectivity index (χ0) is 11.1. The lowest BCUT2D eigenvalue weighted by atomic mass is 9.83. The van der Waals surface area contributed by atoms with E-state index in [0.717, 1.165) is 31.5 Å². The van der Waals surface area contributed by atoms with Crippen molar-refractivity contribution in [3.8, 4) is 0 Å². The second-order valence-corrected chi connectivity index (χ2v) is 4.62. The smallest absolute Gasteiger partial charge is 0.0643 e. The van der Waals surface area contributed by atoms with Gasteiger partial charge in [0.2, 0.25) is 0 Å². The number of hydrogen-bond donors (Lipinski definition) is 1. The van der Waals surface area contributed by atoms with E-state index in [1.165, 1.54) is 25.7 Å². The fourth-order valence-corrected chi connectivity index (χ4v) is 2.69. The second-order valence-electron chi connectivity index (χ2n) is 4.62. The van der Waals surface area contributed by atoms with E-state index in [2.05, 4.69) is 26.1 Å². The molecule has 1 N–H and O–H groups in total. The summed E-state index contributed by atoms with van der Waals surface area (Å²) in [4.78, 5) is 0. The van der Waals surface area contributed by atoms with Gasteiger partial charge in [0, 0.05) is 13.2 Å². The summed E-state index contributed by atoms with van der Waals surface area (Å²) in [5, 5.41) is 3.47. The van der Waals surface area contributed by atoms with E-state index in [0.29, 0.717) is 6.10 Å². The first-order valence-electron chi connectivity index (χ1n) is 6.65. The lowest BCUT2D eigenvalue weighted by Gasteiger charge is -2.36. The van der Waals surface area contributed by atoms with Crippen molar-refractivity contribution in [1.82, 2.24) is 5.32 Å². The van der Waals surface area contributed by atoms with E-state index in [9.17, 15) is 0 Å². The number of ether oxygens (including phenoxy) is 1. The summed E-state index contributed by atoms with van der Waals surface area (Å²) in [7, 11) is 0. The number of rotatable bonds is 6. The molecule has 2 unspecified atom stereocenters. The summed E-state index contributed by atoms with van der Waals surface area (Å²) in [6.45, 7) is 9.94. The van der Waals surface area contributed by atoms with Gasteiger partial charge in [-0.05, 0) is 31.2 Å². The molecule has 0 aromatic rings. The average molecular weight is 213 g/mol. The van der Waals surface area contributed by atoms with Crippen molar-refractivity contribution >= 4 is 0 Å². The van der Waals surface area contributed by atoms with E-state index >= 15 is 0 Å². The summed E-state index contributed by atoms with van der Waals surface area (Å²) < 4.78 is 5.99. The van der Waals surface area contributed by atoms with Crippen LogP contribution in [0.2, 0.25) is 0 Å². The van der Waals surface area contributed by atoms with Crippen LogP contribution in [-0.4, -0.2) is 25.8 Å². The minimum absolute atomic E-state index is 0.507. The van der Waals surface area contributed by atoms with Gasteiger partial charge in [-0.15, -0.1) is 0 Å². The van der Waals surface area contributed by atoms with Crippen molar-refractivity contribution < 1.29 is 4.74 Å². The standard InChI is InChI=1S/C13H27NO/c1-4-11(5-2)13-12(10-14-6-3)8-7-9-15-13/h11-14H,4-10H2,1-3H3. The van der Waals surface area contributed by atoms with E-state index < -0.39 is 0 Å². The first kappa shape index (κ1) is 13.0. The molecule has 0 aromatic carbocycles. The second kappa shape index (κ2) is 7.24. The van der Waals surface area contributed by atoms with Gasteiger partial charge in [-0.3, -0.25) is 0 Å². The van der Waals surface area contributed by atoms with E-state index in [1.54, 1.807) is 0 Å². The Morgan fingerprint density at radius 2 is 2.00 bits per heavy atom. The maximum atomic E-state index is 5.99. The van der Waals surface area contributed by atoms with Gasteiger partial charge in [-0.2, -0.15) is 0 Å². The molecule has 1 saturated heterocycles. The SMILES string of the molecule is CCNCC1CCCOC1C(CC)CC. The molecule has 1 heterocycles. The molecule has 0 bridgehead atoms. The third-order valence-electron chi connectivity index (χ3n) is 3.66. The van der Waals surface area contributed by atoms with Crippen LogP contribution in [0.25, 0.3) is 0 Å². The number of nitrogens with one attached hydrogen (secondary N) is 1. The normalized spacial score (nSPS) is 27.2. The Balaban J connectivity index is 2.48. The van der Waals surface area contributed by atoms with Gasteiger partial charge in [0.05, 0.1) is 6.10 Å². The maximum absolute atomic E-state index is 5.99. The molecule has 1 rings (SSSR count). The Morgan fingerprint density at radius 3 is 2.60 bits per heavy atom. The van der Waals surface area contributed by atoms with Crippen LogP contribution in [0.1, 0.15) is 46.5 Å². The Hall–Kier alpha value is -0.0800. The highest BCUT2D eigenvalue weighted by atomic mass is 16.5. The largest absolute Gasteiger partial charge is 0.378 e. The van der Waals surface area contributed by atoms with Crippen LogP contribution in [0.5, 0.6) is 0 Å². The van der Waals surface area contributed by atoms with Gasteiger partial charge in [-0.25, -0.2) is 0 Å². The highest BCUT2D eigenvalue weighted by Crippen LogP contribution is 2.29. The average Bonchev–Trinajstić information content (AvgIpc) is 2.29. The molecule has 1 aliphatic rings. The lowest BCUT2D eigenvalue weighted by Crippen LogP contribution is -2.41. The highest BCUT2D eigenvalue weighted by molar-refractivity contribution is 4.81. The topological polar surface area (TPSA) is 21.3 Å². The zero-order valence-electron chi connectivity index (χ0n) is 10.6. The Bertz CT molecular complexity index is 157. The molecule has 0 spiro atoms. The summed E-state index contributed by atoms with van der Waals surface area (Å²) in [6, 6.07) is 0. The predicted octanol–water partition coefficient (Wildman–Crippen LogP) is 2.83. The molecule has 0 saturated carbocycles. The molecule has 2 atom stereocenters. The van der Waals surface area contributed by atoms with Crippen molar-refractivity contribution in [3.63, 3.8) is 0 Å². The molecule has 90 valence electrons. The van der Waals surface area contributed by atoms with Crippen molar-refractivity contribution in [1.29, 1.82) is 0 Å². The zero-order valence-corrected chi connectivity index (χ0v) is 10.6. The molecule has 0 radical (unpaired) electrons. The van der Waals surface area contributed by atoms with Crippen molar-refractivity contribution in [2.75, 3.05) is 19.7 Å². The van der Waals surface area contributed by atoms with Crippen LogP contribution in [0.15, 0.2) is 0 Å². The van der Waals surface area contributed by atoms with Crippen LogP contribution in [-0.2, 0) is 4.74 Å². The van der Waals surface area contributed by atoms with Gasteiger partial charge in [0.15, 0.2) is 0 Å². The molecule has 0 amide bonds. The summed E-state index contributed by atoms with van der Waals surface area (Å²) in [5.41, 5.74) is 0. The quantitative estimate of drug-likeness (QED) is 0.732. The predicted molar refractivity (Wildman–Crippen MR) is 65.1 cm³/mol. The van der Waals surface area contributed by atoms with Gasteiger partial charge in [0.25, 0.3) is 0 Å². The van der Waals surface area contributed by atoms with Crippen molar-refractivity contribution in [3.05, 3.63) is 0 Å². The fourth-order valence-electron chi connectivity index (χ4n) is 2.69.